The number of nitrogens with one attached hydrogen (secondary N) is 4. The molecule has 4 aromatic heterocycles. The van der Waals surface area contributed by atoms with Gasteiger partial charge >= 0.3 is 54.0 Å². The summed E-state index contributed by atoms with van der Waals surface area (Å²) in [6, 6.07) is 3.67. The zero-order valence-electron chi connectivity index (χ0n) is 52.3. The van der Waals surface area contributed by atoms with Crippen LogP contribution in [-0.4, -0.2) is 210 Å². The van der Waals surface area contributed by atoms with Crippen LogP contribution >= 0.6 is 31.3 Å². The molecule has 42 nitrogen and oxygen atoms in total. The van der Waals surface area contributed by atoms with Gasteiger partial charge < -0.3 is 67.3 Å². The van der Waals surface area contributed by atoms with Crippen molar-refractivity contribution < 1.29 is 122 Å². The Morgan fingerprint density at radius 2 is 0.786 bits per heavy atom. The van der Waals surface area contributed by atoms with Gasteiger partial charge in [0.2, 0.25) is 0 Å². The van der Waals surface area contributed by atoms with E-state index >= 15 is 0 Å². The summed E-state index contributed by atoms with van der Waals surface area (Å²) < 4.78 is 154. The maximum atomic E-state index is 14.3. The Morgan fingerprint density at radius 3 is 1.15 bits per heavy atom. The van der Waals surface area contributed by atoms with Crippen molar-refractivity contribution in [1.82, 2.24) is 38.2 Å². The van der Waals surface area contributed by atoms with Crippen molar-refractivity contribution in [3.63, 3.8) is 0 Å². The van der Waals surface area contributed by atoms with Crippen molar-refractivity contribution >= 4 is 31.3 Å². The summed E-state index contributed by atoms with van der Waals surface area (Å²) in [4.78, 5) is 153. The van der Waals surface area contributed by atoms with E-state index in [-0.39, 0.29) is 25.7 Å². The standard InChI is InChI=1S/C52H72N8O34P4/c1-78-41-37(65)29(88-45(41)57-18-14-33(61)53-49(57)66)24-85-96(72,73)92-39-31(90-47(43(39)80-3)59-20-16-35(63)55-51(59)68)26-87-98(76,77)94-40-32(91-48(44(40)81-4)60-21-17-36(64)56-52(60)69)27-86-97(74,75)93-38-30(89-46(42(38)79-2)58-19-15-34(62)54-50(58)67)25-84-95(70,71)83-23-11-10-22-82-28-12-8-6-5-7-9-13-28/h14-21,28-32,37-48,65H,5-8,10-12,22-27H2,1-4H3,(H,70,71)(H,72,73)(H,74,75)(H,76,77)(H,53,61,66)(H,54,62,67)(H,55,63,68)(H,56,64,69)/t28?,29-,30-,31-,32-,37-,38-,39-,40-,41-,42-,43-,44-,45-,46-,47-,48-/m1/s1. The first-order valence-corrected chi connectivity index (χ1v) is 35.9. The zero-order valence-corrected chi connectivity index (χ0v) is 55.9. The molecule has 46 heteroatoms. The minimum atomic E-state index is -5.75. The van der Waals surface area contributed by atoms with Gasteiger partial charge in [0.25, 0.3) is 22.2 Å². The molecule has 9 N–H and O–H groups in total. The molecule has 0 amide bonds. The topological polar surface area (TPSA) is 546 Å². The van der Waals surface area contributed by atoms with Gasteiger partial charge in [0.1, 0.15) is 79.4 Å². The van der Waals surface area contributed by atoms with Crippen molar-refractivity contribution in [1.29, 1.82) is 0 Å². The molecule has 544 valence electrons. The van der Waals surface area contributed by atoms with Crippen LogP contribution in [0.3, 0.4) is 0 Å². The van der Waals surface area contributed by atoms with Crippen molar-refractivity contribution in [2.45, 2.75) is 149 Å². The molecule has 98 heavy (non-hydrogen) atoms. The molecule has 5 unspecified atom stereocenters. The number of aromatic amines is 4. The second-order valence-corrected chi connectivity index (χ2v) is 27.9. The third kappa shape index (κ3) is 19.3. The fourth-order valence-corrected chi connectivity index (χ4v) is 14.8. The van der Waals surface area contributed by atoms with E-state index in [1.807, 2.05) is 19.9 Å². The van der Waals surface area contributed by atoms with Gasteiger partial charge in [-0.3, -0.25) is 93.6 Å². The smallest absolute Gasteiger partial charge is 0.387 e. The number of aliphatic hydroxyl groups is 1. The van der Waals surface area contributed by atoms with Crippen LogP contribution in [0.4, 0.5) is 0 Å². The molecule has 4 aliphatic heterocycles. The van der Waals surface area contributed by atoms with Crippen LogP contribution in [0.2, 0.25) is 0 Å². The van der Waals surface area contributed by atoms with E-state index in [0.717, 1.165) is 128 Å². The number of aromatic nitrogens is 8. The second kappa shape index (κ2) is 33.4. The predicted molar refractivity (Wildman–Crippen MR) is 324 cm³/mol. The molecule has 4 fully saturated rings. The third-order valence-electron chi connectivity index (χ3n) is 15.8. The highest BCUT2D eigenvalue weighted by Gasteiger charge is 2.56. The number of unbranched alkanes of at least 4 members (excludes halogenated alkanes) is 1. The number of nitrogens with zero attached hydrogens (tertiary/aromatic N) is 4. The summed E-state index contributed by atoms with van der Waals surface area (Å²) in [5, 5.41) is 11.1. The lowest BCUT2D eigenvalue weighted by molar-refractivity contribution is -0.0679. The Balaban J connectivity index is 0.913. The molecule has 0 spiro atoms. The van der Waals surface area contributed by atoms with E-state index < -0.39 is 201 Å². The average Bonchev–Trinajstić information content (AvgIpc) is 1.64. The van der Waals surface area contributed by atoms with Crippen LogP contribution < -0.4 is 45.0 Å². The lowest BCUT2D eigenvalue weighted by Crippen LogP contribution is -2.41. The van der Waals surface area contributed by atoms with Crippen LogP contribution in [0, 0.1) is 11.8 Å². The number of phosphoric acid groups is 4. The molecule has 5 aliphatic rings. The van der Waals surface area contributed by atoms with Gasteiger partial charge in [-0.1, -0.05) is 12.3 Å². The normalized spacial score (nSPS) is 31.3. The van der Waals surface area contributed by atoms with Gasteiger partial charge in [0.05, 0.1) is 33.0 Å². The molecule has 9 rings (SSSR count). The van der Waals surface area contributed by atoms with Gasteiger partial charge in [-0.2, -0.15) is 0 Å². The first-order valence-electron chi connectivity index (χ1n) is 29.9. The Morgan fingerprint density at radius 1 is 0.449 bits per heavy atom. The maximum absolute atomic E-state index is 14.3. The molecule has 8 heterocycles. The van der Waals surface area contributed by atoms with E-state index in [4.69, 9.17) is 78.8 Å². The quantitative estimate of drug-likeness (QED) is 0.0141. The van der Waals surface area contributed by atoms with Crippen LogP contribution in [0.15, 0.2) is 87.4 Å². The molecular formula is C52H72N8O34P4. The lowest BCUT2D eigenvalue weighted by Gasteiger charge is -2.28. The van der Waals surface area contributed by atoms with Gasteiger partial charge in [0.15, 0.2) is 24.9 Å². The summed E-state index contributed by atoms with van der Waals surface area (Å²) in [5.74, 6) is 6.16. The zero-order chi connectivity index (χ0) is 70.9. The summed E-state index contributed by atoms with van der Waals surface area (Å²) in [7, 11) is -17.6. The number of rotatable bonds is 33. The van der Waals surface area contributed by atoms with Crippen LogP contribution in [0.1, 0.15) is 69.9 Å². The van der Waals surface area contributed by atoms with Gasteiger partial charge in [0, 0.05) is 90.5 Å². The van der Waals surface area contributed by atoms with Gasteiger partial charge in [-0.05, 0) is 32.1 Å². The van der Waals surface area contributed by atoms with Crippen molar-refractivity contribution in [2.24, 2.45) is 0 Å². The molecule has 0 radical (unpaired) electrons. The summed E-state index contributed by atoms with van der Waals surface area (Å²) in [5.41, 5.74) is -7.65. The second-order valence-electron chi connectivity index (χ2n) is 22.2. The highest BCUT2D eigenvalue weighted by Crippen LogP contribution is 2.55. The first kappa shape index (κ1) is 76.5. The van der Waals surface area contributed by atoms with Gasteiger partial charge in [-0.25, -0.2) is 37.4 Å². The number of methoxy groups -OCH3 is 4. The molecule has 4 aromatic rings. The van der Waals surface area contributed by atoms with Crippen LogP contribution in [-0.2, 0) is 97.1 Å². The van der Waals surface area contributed by atoms with E-state index in [1.165, 1.54) is 0 Å². The molecule has 21 atom stereocenters. The van der Waals surface area contributed by atoms with E-state index in [0.29, 0.717) is 6.42 Å². The number of aliphatic hydroxyl groups excluding tert-OH is 1. The van der Waals surface area contributed by atoms with Crippen LogP contribution in [0.25, 0.3) is 0 Å². The molecule has 4 saturated heterocycles. The first-order chi connectivity index (χ1) is 46.5. The van der Waals surface area contributed by atoms with Crippen molar-refractivity contribution in [2.75, 3.05) is 68.1 Å². The van der Waals surface area contributed by atoms with Gasteiger partial charge in [-0.15, -0.1) is 5.92 Å². The van der Waals surface area contributed by atoms with Crippen LogP contribution in [0.5, 0.6) is 0 Å². The van der Waals surface area contributed by atoms with Crippen molar-refractivity contribution in [3.05, 3.63) is 132 Å². The average molecular weight is 1480 g/mol. The fourth-order valence-electron chi connectivity index (χ4n) is 11.2. The number of phosphoric ester groups is 4. The van der Waals surface area contributed by atoms with E-state index in [1.54, 1.807) is 0 Å². The number of hydrogen-bond acceptors (Lipinski definition) is 30. The molecule has 0 bridgehead atoms. The summed E-state index contributed by atoms with van der Waals surface area (Å²) in [6.07, 6.45) is -18.8. The number of hydrogen-bond donors (Lipinski definition) is 9. The molecular weight excluding hydrogens is 1400 g/mol. The largest absolute Gasteiger partial charge is 0.472 e. The maximum Gasteiger partial charge on any atom is 0.472 e. The van der Waals surface area contributed by atoms with E-state index in [2.05, 4.69) is 11.8 Å². The molecule has 1 aliphatic carbocycles. The molecule has 0 aromatic carbocycles. The summed E-state index contributed by atoms with van der Waals surface area (Å²) in [6.45, 7) is -4.41. The molecule has 0 saturated carbocycles. The minimum absolute atomic E-state index is 0.237. The van der Waals surface area contributed by atoms with Crippen molar-refractivity contribution in [3.8, 4) is 11.8 Å². The minimum Gasteiger partial charge on any atom is -0.387 e. The number of ether oxygens (including phenoxy) is 9. The number of H-pyrrole nitrogens is 4. The Bertz CT molecular complexity index is 4170. The summed E-state index contributed by atoms with van der Waals surface area (Å²) >= 11 is 0. The fraction of sp³-hybridized carbons (Fsp3) is 0.654. The third-order valence-corrected chi connectivity index (χ3v) is 19.7. The Labute approximate surface area is 551 Å². The SMILES string of the molecule is CO[C@@H]1[C@H](O)[C@@H](COP(=O)(O)O[C@H]2[C@@H](OC)[C@H](n3ccc(=O)[nH]c3=O)O[C@@H]2COP(=O)(O)O[C@H]2[C@@H](OC)[C@H](n3ccc(=O)[nH]c3=O)O[C@@H]2COP(=O)(O)O[C@H]2[C@@H](OC)[C@H](n3ccc(=O)[nH]c3=O)O[C@@H]2COP(=O)(O)OCCCCOC2C#CCCCCC2)O[C@H]1n1ccc(=O)[nH]c1=O. The highest BCUT2D eigenvalue weighted by molar-refractivity contribution is 7.48. The Kier molecular flexibility index (Phi) is 26.1. The van der Waals surface area contributed by atoms with E-state index in [9.17, 15) is 81.3 Å². The monoisotopic (exact) mass is 1480 g/mol. The lowest BCUT2D eigenvalue weighted by atomic mass is 10.1. The predicted octanol–water partition coefficient (Wildman–Crippen LogP) is -2.03. The highest BCUT2D eigenvalue weighted by atomic mass is 31.2. The Hall–Kier alpha value is -5.68.